The zero-order valence-electron chi connectivity index (χ0n) is 6.55. The van der Waals surface area contributed by atoms with E-state index in [2.05, 4.69) is 18.5 Å². The number of allylic oxidation sites excluding steroid dienone is 1. The molecule has 0 aliphatic heterocycles. The molecule has 0 aliphatic carbocycles. The summed E-state index contributed by atoms with van der Waals surface area (Å²) in [5, 5.41) is 0. The fourth-order valence-corrected chi connectivity index (χ4v) is 0.395. The Balaban J connectivity index is 3.67. The molecule has 0 aromatic rings. The minimum atomic E-state index is -0.0626. The minimum absolute atomic E-state index is 0.0626. The van der Waals surface area contributed by atoms with Crippen LogP contribution in [0.5, 0.6) is 0 Å². The van der Waals surface area contributed by atoms with E-state index in [1.807, 2.05) is 0 Å². The summed E-state index contributed by atoms with van der Waals surface area (Å²) < 4.78 is 0. The third-order valence-electron chi connectivity index (χ3n) is 1.07. The maximum absolute atomic E-state index is 10.5. The Morgan fingerprint density at radius 2 is 2.30 bits per heavy atom. The molecule has 0 amide bonds. The predicted octanol–water partition coefficient (Wildman–Crippen LogP) is 1.96. The van der Waals surface area contributed by atoms with Crippen molar-refractivity contribution in [2.24, 2.45) is 4.99 Å². The number of hydrogen-bond donors (Lipinski definition) is 0. The van der Waals surface area contributed by atoms with Crippen LogP contribution in [0.25, 0.3) is 0 Å². The molecule has 0 aliphatic rings. The van der Waals surface area contributed by atoms with Crippen LogP contribution in [0, 0.1) is 0 Å². The number of carbonyl (C=O) groups is 1. The molecule has 0 fully saturated rings. The molecule has 10 heavy (non-hydrogen) atoms. The van der Waals surface area contributed by atoms with Crippen molar-refractivity contribution in [1.82, 2.24) is 0 Å². The fourth-order valence-electron chi connectivity index (χ4n) is 0.395. The average molecular weight is 139 g/mol. The molecule has 0 bridgehead atoms. The molecule has 0 spiro atoms. The zero-order valence-corrected chi connectivity index (χ0v) is 6.55. The van der Waals surface area contributed by atoms with Gasteiger partial charge in [0.15, 0.2) is 5.78 Å². The zero-order chi connectivity index (χ0) is 7.98. The highest BCUT2D eigenvalue weighted by atomic mass is 16.1. The monoisotopic (exact) mass is 139 g/mol. The van der Waals surface area contributed by atoms with Crippen molar-refractivity contribution in [2.75, 3.05) is 0 Å². The molecule has 0 saturated carbocycles. The highest BCUT2D eigenvalue weighted by molar-refractivity contribution is 5.93. The van der Waals surface area contributed by atoms with E-state index in [0.29, 0.717) is 5.70 Å². The van der Waals surface area contributed by atoms with E-state index in [1.54, 1.807) is 6.21 Å². The van der Waals surface area contributed by atoms with Crippen molar-refractivity contribution < 1.29 is 4.79 Å². The molecule has 0 aromatic carbocycles. The number of hydrogen-bond acceptors (Lipinski definition) is 2. The van der Waals surface area contributed by atoms with E-state index in [4.69, 9.17) is 0 Å². The summed E-state index contributed by atoms with van der Waals surface area (Å²) in [6.07, 6.45) is 3.69. The predicted molar refractivity (Wildman–Crippen MR) is 43.2 cm³/mol. The van der Waals surface area contributed by atoms with Crippen LogP contribution in [0.2, 0.25) is 0 Å². The SMILES string of the molecule is C=C(N=CCCC)C(C)=O. The van der Waals surface area contributed by atoms with Crippen molar-refractivity contribution >= 4 is 12.0 Å². The third kappa shape index (κ3) is 4.01. The van der Waals surface area contributed by atoms with E-state index in [0.717, 1.165) is 12.8 Å². The summed E-state index contributed by atoms with van der Waals surface area (Å²) in [5.41, 5.74) is 0.341. The standard InChI is InChI=1S/C8H13NO/c1-4-5-6-9-7(2)8(3)10/h6H,2,4-5H2,1,3H3. The Labute approximate surface area is 61.7 Å². The van der Waals surface area contributed by atoms with Gasteiger partial charge in [0.1, 0.15) is 0 Å². The summed E-state index contributed by atoms with van der Waals surface area (Å²) in [5.74, 6) is -0.0626. The van der Waals surface area contributed by atoms with Crippen LogP contribution in [0.1, 0.15) is 26.7 Å². The Morgan fingerprint density at radius 3 is 2.70 bits per heavy atom. The van der Waals surface area contributed by atoms with Gasteiger partial charge in [0.2, 0.25) is 0 Å². The van der Waals surface area contributed by atoms with E-state index in [-0.39, 0.29) is 5.78 Å². The van der Waals surface area contributed by atoms with Gasteiger partial charge in [-0.1, -0.05) is 19.9 Å². The third-order valence-corrected chi connectivity index (χ3v) is 1.07. The number of ketones is 1. The lowest BCUT2D eigenvalue weighted by atomic mass is 10.3. The molecule has 56 valence electrons. The van der Waals surface area contributed by atoms with Gasteiger partial charge in [0, 0.05) is 13.1 Å². The van der Waals surface area contributed by atoms with Crippen LogP contribution in [0.3, 0.4) is 0 Å². The number of Topliss-reactive ketones (excluding diaryl/α,β-unsaturated/α-hetero) is 1. The molecule has 2 nitrogen and oxygen atoms in total. The Morgan fingerprint density at radius 1 is 1.70 bits per heavy atom. The molecule has 0 heterocycles. The van der Waals surface area contributed by atoms with Gasteiger partial charge in [-0.05, 0) is 6.42 Å². The van der Waals surface area contributed by atoms with Crippen LogP contribution in [0.15, 0.2) is 17.3 Å². The van der Waals surface area contributed by atoms with Crippen molar-refractivity contribution in [2.45, 2.75) is 26.7 Å². The first kappa shape index (κ1) is 9.08. The molecule has 0 saturated heterocycles. The van der Waals surface area contributed by atoms with Gasteiger partial charge >= 0.3 is 0 Å². The highest BCUT2D eigenvalue weighted by Crippen LogP contribution is 1.93. The minimum Gasteiger partial charge on any atom is -0.293 e. The molecule has 0 radical (unpaired) electrons. The normalized spacial score (nSPS) is 10.2. The summed E-state index contributed by atoms with van der Waals surface area (Å²) in [6, 6.07) is 0. The summed E-state index contributed by atoms with van der Waals surface area (Å²) >= 11 is 0. The topological polar surface area (TPSA) is 29.4 Å². The van der Waals surface area contributed by atoms with Gasteiger partial charge in [0.05, 0.1) is 5.70 Å². The van der Waals surface area contributed by atoms with Crippen LogP contribution < -0.4 is 0 Å². The summed E-state index contributed by atoms with van der Waals surface area (Å²) in [4.78, 5) is 14.4. The quantitative estimate of drug-likeness (QED) is 0.432. The van der Waals surface area contributed by atoms with Crippen molar-refractivity contribution in [3.05, 3.63) is 12.3 Å². The first-order valence-electron chi connectivity index (χ1n) is 3.40. The molecule has 0 atom stereocenters. The van der Waals surface area contributed by atoms with E-state index < -0.39 is 0 Å². The van der Waals surface area contributed by atoms with Gasteiger partial charge in [-0.2, -0.15) is 0 Å². The van der Waals surface area contributed by atoms with E-state index >= 15 is 0 Å². The van der Waals surface area contributed by atoms with Gasteiger partial charge < -0.3 is 0 Å². The lowest BCUT2D eigenvalue weighted by Gasteiger charge is -1.89. The maximum atomic E-state index is 10.5. The molecule has 2 heteroatoms. The van der Waals surface area contributed by atoms with Crippen LogP contribution in [-0.4, -0.2) is 12.0 Å². The largest absolute Gasteiger partial charge is 0.293 e. The fraction of sp³-hybridized carbons (Fsp3) is 0.500. The van der Waals surface area contributed by atoms with E-state index in [9.17, 15) is 4.79 Å². The second kappa shape index (κ2) is 4.91. The molecule has 0 N–H and O–H groups in total. The van der Waals surface area contributed by atoms with Crippen LogP contribution in [0.4, 0.5) is 0 Å². The van der Waals surface area contributed by atoms with Crippen LogP contribution in [-0.2, 0) is 4.79 Å². The van der Waals surface area contributed by atoms with Gasteiger partial charge in [0.25, 0.3) is 0 Å². The molecule has 0 rings (SSSR count). The lowest BCUT2D eigenvalue weighted by Crippen LogP contribution is -1.90. The second-order valence-corrected chi connectivity index (χ2v) is 2.10. The Hall–Kier alpha value is -0.920. The first-order valence-corrected chi connectivity index (χ1v) is 3.40. The van der Waals surface area contributed by atoms with Crippen LogP contribution >= 0.6 is 0 Å². The average Bonchev–Trinajstić information content (AvgIpc) is 1.88. The summed E-state index contributed by atoms with van der Waals surface area (Å²) in [7, 11) is 0. The van der Waals surface area contributed by atoms with E-state index in [1.165, 1.54) is 6.92 Å². The smallest absolute Gasteiger partial charge is 0.177 e. The van der Waals surface area contributed by atoms with Crippen molar-refractivity contribution in [1.29, 1.82) is 0 Å². The van der Waals surface area contributed by atoms with Crippen molar-refractivity contribution in [3.8, 4) is 0 Å². The molecule has 0 aromatic heterocycles. The number of unbranched alkanes of at least 4 members (excludes halogenated alkanes) is 1. The number of aliphatic imine (C=N–C) groups is 1. The highest BCUT2D eigenvalue weighted by Gasteiger charge is 1.93. The molecule has 0 unspecified atom stereocenters. The molecular formula is C8H13NO. The molecular weight excluding hydrogens is 126 g/mol. The number of nitrogens with zero attached hydrogens (tertiary/aromatic N) is 1. The Kier molecular flexibility index (Phi) is 4.46. The van der Waals surface area contributed by atoms with Crippen molar-refractivity contribution in [3.63, 3.8) is 0 Å². The maximum Gasteiger partial charge on any atom is 0.177 e. The lowest BCUT2D eigenvalue weighted by molar-refractivity contribution is -0.113. The number of carbonyl (C=O) groups excluding carboxylic acids is 1. The number of rotatable bonds is 4. The summed E-state index contributed by atoms with van der Waals surface area (Å²) in [6.45, 7) is 7.00. The first-order chi connectivity index (χ1) is 4.68. The van der Waals surface area contributed by atoms with Gasteiger partial charge in [-0.25, -0.2) is 0 Å². The second-order valence-electron chi connectivity index (χ2n) is 2.10. The van der Waals surface area contributed by atoms with Gasteiger partial charge in [-0.3, -0.25) is 9.79 Å². The van der Waals surface area contributed by atoms with Gasteiger partial charge in [-0.15, -0.1) is 0 Å². The Bertz CT molecular complexity index is 159.